The van der Waals surface area contributed by atoms with Gasteiger partial charge in [-0.2, -0.15) is 0 Å². The van der Waals surface area contributed by atoms with Gasteiger partial charge in [-0.1, -0.05) is 20.8 Å². The molecule has 1 saturated heterocycles. The van der Waals surface area contributed by atoms with Crippen LogP contribution in [0, 0.1) is 11.3 Å². The first-order chi connectivity index (χ1) is 9.41. The van der Waals surface area contributed by atoms with Crippen molar-refractivity contribution in [1.29, 1.82) is 0 Å². The summed E-state index contributed by atoms with van der Waals surface area (Å²) in [5, 5.41) is 3.08. The first-order valence-corrected chi connectivity index (χ1v) is 7.27. The predicted molar refractivity (Wildman–Crippen MR) is 79.7 cm³/mol. The van der Waals surface area contributed by atoms with Gasteiger partial charge in [0.2, 0.25) is 0 Å². The quantitative estimate of drug-likeness (QED) is 0.921. The fourth-order valence-electron chi connectivity index (χ4n) is 2.55. The van der Waals surface area contributed by atoms with Crippen LogP contribution in [-0.2, 0) is 0 Å². The molecule has 1 fully saturated rings. The maximum atomic E-state index is 12.5. The van der Waals surface area contributed by atoms with E-state index >= 15 is 0 Å². The zero-order valence-corrected chi connectivity index (χ0v) is 12.8. The monoisotopic (exact) mass is 276 g/mol. The molecule has 110 valence electrons. The van der Waals surface area contributed by atoms with Crippen LogP contribution in [0.5, 0.6) is 0 Å². The Morgan fingerprint density at radius 3 is 2.80 bits per heavy atom. The van der Waals surface area contributed by atoms with E-state index in [9.17, 15) is 4.79 Å². The number of amides is 1. The smallest absolute Gasteiger partial charge is 0.274 e. The second kappa shape index (κ2) is 5.77. The maximum Gasteiger partial charge on any atom is 0.274 e. The number of likely N-dealkylation sites (tertiary alicyclic amines) is 1. The Bertz CT molecular complexity index is 481. The highest BCUT2D eigenvalue weighted by Crippen LogP contribution is 2.33. The van der Waals surface area contributed by atoms with Gasteiger partial charge < -0.3 is 10.2 Å². The van der Waals surface area contributed by atoms with E-state index in [0.717, 1.165) is 26.1 Å². The van der Waals surface area contributed by atoms with Crippen LogP contribution in [0.4, 0.5) is 5.82 Å². The summed E-state index contributed by atoms with van der Waals surface area (Å²) in [5.74, 6) is 1.20. The number of aromatic nitrogens is 2. The molecule has 2 rings (SSSR count). The highest BCUT2D eigenvalue weighted by atomic mass is 16.2. The molecule has 0 aliphatic carbocycles. The van der Waals surface area contributed by atoms with Crippen LogP contribution in [0.15, 0.2) is 12.4 Å². The number of nitrogens with zero attached hydrogens (tertiary/aromatic N) is 3. The Morgan fingerprint density at radius 2 is 2.20 bits per heavy atom. The molecule has 1 aliphatic rings. The van der Waals surface area contributed by atoms with Crippen molar-refractivity contribution in [2.75, 3.05) is 25.0 Å². The van der Waals surface area contributed by atoms with Gasteiger partial charge in [0.1, 0.15) is 11.5 Å². The lowest BCUT2D eigenvalue weighted by molar-refractivity contribution is 0.0770. The number of carbonyl (C=O) groups is 1. The lowest BCUT2D eigenvalue weighted by Crippen LogP contribution is -2.31. The molecular formula is C15H24N4O. The van der Waals surface area contributed by atoms with Crippen molar-refractivity contribution < 1.29 is 4.79 Å². The topological polar surface area (TPSA) is 58.1 Å². The molecule has 1 amide bonds. The second-order valence-electron chi connectivity index (χ2n) is 6.42. The van der Waals surface area contributed by atoms with Crippen LogP contribution in [0.2, 0.25) is 0 Å². The Balaban J connectivity index is 2.07. The van der Waals surface area contributed by atoms with Gasteiger partial charge in [-0.05, 0) is 24.7 Å². The van der Waals surface area contributed by atoms with E-state index in [-0.39, 0.29) is 11.3 Å². The average Bonchev–Trinajstić information content (AvgIpc) is 2.88. The summed E-state index contributed by atoms with van der Waals surface area (Å²) >= 11 is 0. The van der Waals surface area contributed by atoms with Crippen molar-refractivity contribution in [2.45, 2.75) is 34.1 Å². The molecule has 1 aliphatic heterocycles. The summed E-state index contributed by atoms with van der Waals surface area (Å²) in [6.45, 7) is 11.1. The number of anilines is 1. The van der Waals surface area contributed by atoms with Gasteiger partial charge in [-0.25, -0.2) is 4.98 Å². The molecule has 0 aromatic carbocycles. The molecule has 20 heavy (non-hydrogen) atoms. The molecule has 2 heterocycles. The molecule has 1 unspecified atom stereocenters. The van der Waals surface area contributed by atoms with Gasteiger partial charge >= 0.3 is 0 Å². The van der Waals surface area contributed by atoms with Crippen LogP contribution in [0.25, 0.3) is 0 Å². The van der Waals surface area contributed by atoms with E-state index in [1.165, 1.54) is 0 Å². The highest BCUT2D eigenvalue weighted by Gasteiger charge is 2.34. The molecule has 1 aromatic heterocycles. The van der Waals surface area contributed by atoms with Crippen LogP contribution < -0.4 is 5.32 Å². The van der Waals surface area contributed by atoms with Gasteiger partial charge in [0.25, 0.3) is 5.91 Å². The number of rotatable bonds is 3. The summed E-state index contributed by atoms with van der Waals surface area (Å²) in [4.78, 5) is 22.8. The SMILES string of the molecule is CCNc1cncc(C(=O)N2CCC(C(C)(C)C)C2)n1. The number of hydrogen-bond donors (Lipinski definition) is 1. The molecule has 0 spiro atoms. The minimum Gasteiger partial charge on any atom is -0.369 e. The molecule has 0 bridgehead atoms. The summed E-state index contributed by atoms with van der Waals surface area (Å²) in [5.41, 5.74) is 0.671. The maximum absolute atomic E-state index is 12.5. The number of nitrogens with one attached hydrogen (secondary N) is 1. The minimum absolute atomic E-state index is 0.0102. The third-order valence-electron chi connectivity index (χ3n) is 3.91. The standard InChI is InChI=1S/C15H24N4O/c1-5-17-13-9-16-8-12(18-13)14(20)19-7-6-11(10-19)15(2,3)4/h8-9,11H,5-7,10H2,1-4H3,(H,17,18). The fourth-order valence-corrected chi connectivity index (χ4v) is 2.55. The van der Waals surface area contributed by atoms with Gasteiger partial charge in [0.05, 0.1) is 12.4 Å². The van der Waals surface area contributed by atoms with Crippen molar-refractivity contribution in [3.63, 3.8) is 0 Å². The minimum atomic E-state index is -0.0102. The van der Waals surface area contributed by atoms with E-state index in [2.05, 4.69) is 36.1 Å². The van der Waals surface area contributed by atoms with Crippen LogP contribution in [0.3, 0.4) is 0 Å². The van der Waals surface area contributed by atoms with Gasteiger partial charge in [0.15, 0.2) is 0 Å². The van der Waals surface area contributed by atoms with Gasteiger partial charge in [0, 0.05) is 19.6 Å². The Kier molecular flexibility index (Phi) is 4.26. The first kappa shape index (κ1) is 14.8. The normalized spacial score (nSPS) is 19.2. The molecule has 1 aromatic rings. The third kappa shape index (κ3) is 3.26. The molecular weight excluding hydrogens is 252 g/mol. The lowest BCUT2D eigenvalue weighted by Gasteiger charge is -2.26. The third-order valence-corrected chi connectivity index (χ3v) is 3.91. The molecule has 5 nitrogen and oxygen atoms in total. The molecule has 1 atom stereocenters. The Morgan fingerprint density at radius 1 is 1.45 bits per heavy atom. The average molecular weight is 276 g/mol. The summed E-state index contributed by atoms with van der Waals surface area (Å²) in [7, 11) is 0. The van der Waals surface area contributed by atoms with E-state index in [0.29, 0.717) is 17.4 Å². The fraction of sp³-hybridized carbons (Fsp3) is 0.667. The number of carbonyl (C=O) groups excluding carboxylic acids is 1. The van der Waals surface area contributed by atoms with Crippen LogP contribution in [-0.4, -0.2) is 40.4 Å². The molecule has 0 saturated carbocycles. The van der Waals surface area contributed by atoms with E-state index in [4.69, 9.17) is 0 Å². The lowest BCUT2D eigenvalue weighted by atomic mass is 9.80. The van der Waals surface area contributed by atoms with Crippen molar-refractivity contribution in [3.05, 3.63) is 18.1 Å². The van der Waals surface area contributed by atoms with E-state index in [1.54, 1.807) is 12.4 Å². The molecule has 1 N–H and O–H groups in total. The largest absolute Gasteiger partial charge is 0.369 e. The van der Waals surface area contributed by atoms with Crippen LogP contribution >= 0.6 is 0 Å². The summed E-state index contributed by atoms with van der Waals surface area (Å²) < 4.78 is 0. The van der Waals surface area contributed by atoms with Gasteiger partial charge in [-0.3, -0.25) is 9.78 Å². The Hall–Kier alpha value is -1.65. The van der Waals surface area contributed by atoms with E-state index in [1.807, 2.05) is 11.8 Å². The van der Waals surface area contributed by atoms with Crippen LogP contribution in [0.1, 0.15) is 44.6 Å². The highest BCUT2D eigenvalue weighted by molar-refractivity contribution is 5.92. The zero-order chi connectivity index (χ0) is 14.8. The molecule has 5 heteroatoms. The summed E-state index contributed by atoms with van der Waals surface area (Å²) in [6.07, 6.45) is 4.26. The van der Waals surface area contributed by atoms with Gasteiger partial charge in [-0.15, -0.1) is 0 Å². The first-order valence-electron chi connectivity index (χ1n) is 7.27. The molecule has 0 radical (unpaired) electrons. The van der Waals surface area contributed by atoms with E-state index < -0.39 is 0 Å². The number of hydrogen-bond acceptors (Lipinski definition) is 4. The van der Waals surface area contributed by atoms with Crippen molar-refractivity contribution in [1.82, 2.24) is 14.9 Å². The predicted octanol–water partition coefficient (Wildman–Crippen LogP) is 2.42. The van der Waals surface area contributed by atoms with Crippen molar-refractivity contribution in [2.24, 2.45) is 11.3 Å². The van der Waals surface area contributed by atoms with Crippen molar-refractivity contribution in [3.8, 4) is 0 Å². The van der Waals surface area contributed by atoms with Crippen molar-refractivity contribution >= 4 is 11.7 Å². The Labute approximate surface area is 120 Å². The zero-order valence-electron chi connectivity index (χ0n) is 12.8. The summed E-state index contributed by atoms with van der Waals surface area (Å²) in [6, 6.07) is 0. The second-order valence-corrected chi connectivity index (χ2v) is 6.42.